The molecular weight excluding hydrogens is 262 g/mol. The molecular formula is C17H27N3O. The lowest BCUT2D eigenvalue weighted by molar-refractivity contribution is -0.122. The molecule has 0 bridgehead atoms. The van der Waals surface area contributed by atoms with Crippen LogP contribution in [0.5, 0.6) is 0 Å². The van der Waals surface area contributed by atoms with Crippen molar-refractivity contribution in [2.75, 3.05) is 33.2 Å². The van der Waals surface area contributed by atoms with E-state index in [1.165, 1.54) is 19.3 Å². The van der Waals surface area contributed by atoms with Gasteiger partial charge >= 0.3 is 0 Å². The molecule has 0 spiro atoms. The summed E-state index contributed by atoms with van der Waals surface area (Å²) in [5.41, 5.74) is 1.14. The summed E-state index contributed by atoms with van der Waals surface area (Å²) >= 11 is 0. The standard InChI is InChI=1S/C17H27N3O/c1-20(12-9-15-7-10-18-11-8-15)14-17(21)19-13-16-5-3-2-4-6-16/h2-6,15,18H,7-14H2,1H3,(H,19,21). The number of rotatable bonds is 7. The number of likely N-dealkylation sites (N-methyl/N-ethyl adjacent to an activating group) is 1. The lowest BCUT2D eigenvalue weighted by Crippen LogP contribution is -2.36. The smallest absolute Gasteiger partial charge is 0.234 e. The van der Waals surface area contributed by atoms with Crippen molar-refractivity contribution in [1.29, 1.82) is 0 Å². The number of nitrogens with zero attached hydrogens (tertiary/aromatic N) is 1. The van der Waals surface area contributed by atoms with Crippen LogP contribution >= 0.6 is 0 Å². The first-order chi connectivity index (χ1) is 10.2. The maximum absolute atomic E-state index is 11.9. The largest absolute Gasteiger partial charge is 0.351 e. The Kier molecular flexibility index (Phi) is 6.70. The molecule has 1 fully saturated rings. The molecule has 21 heavy (non-hydrogen) atoms. The van der Waals surface area contributed by atoms with E-state index in [-0.39, 0.29) is 5.91 Å². The van der Waals surface area contributed by atoms with Gasteiger partial charge in [-0.1, -0.05) is 30.3 Å². The first-order valence-electron chi connectivity index (χ1n) is 7.94. The minimum Gasteiger partial charge on any atom is -0.351 e. The van der Waals surface area contributed by atoms with E-state index < -0.39 is 0 Å². The van der Waals surface area contributed by atoms with E-state index in [0.29, 0.717) is 13.1 Å². The van der Waals surface area contributed by atoms with Gasteiger partial charge in [0, 0.05) is 6.54 Å². The van der Waals surface area contributed by atoms with Crippen LogP contribution in [0.25, 0.3) is 0 Å². The number of carbonyl (C=O) groups is 1. The highest BCUT2D eigenvalue weighted by Crippen LogP contribution is 2.15. The van der Waals surface area contributed by atoms with Gasteiger partial charge in [0.15, 0.2) is 0 Å². The molecule has 4 heteroatoms. The van der Waals surface area contributed by atoms with Crippen LogP contribution in [0.2, 0.25) is 0 Å². The second-order valence-electron chi connectivity index (χ2n) is 5.98. The topological polar surface area (TPSA) is 44.4 Å². The number of carbonyl (C=O) groups excluding carboxylic acids is 1. The van der Waals surface area contributed by atoms with Gasteiger partial charge in [0.1, 0.15) is 0 Å². The zero-order valence-electron chi connectivity index (χ0n) is 13.0. The predicted molar refractivity (Wildman–Crippen MR) is 86.0 cm³/mol. The summed E-state index contributed by atoms with van der Waals surface area (Å²) in [7, 11) is 2.03. The summed E-state index contributed by atoms with van der Waals surface area (Å²) in [5.74, 6) is 0.924. The van der Waals surface area contributed by atoms with Gasteiger partial charge in [-0.25, -0.2) is 0 Å². The molecule has 0 radical (unpaired) electrons. The molecule has 0 unspecified atom stereocenters. The number of amides is 1. The van der Waals surface area contributed by atoms with Crippen LogP contribution in [0, 0.1) is 5.92 Å². The minimum atomic E-state index is 0.103. The van der Waals surface area contributed by atoms with Gasteiger partial charge in [-0.3, -0.25) is 9.69 Å². The Morgan fingerprint density at radius 1 is 1.29 bits per heavy atom. The summed E-state index contributed by atoms with van der Waals surface area (Å²) in [6.45, 7) is 4.39. The Bertz CT molecular complexity index is 415. The van der Waals surface area contributed by atoms with Crippen molar-refractivity contribution in [1.82, 2.24) is 15.5 Å². The highest BCUT2D eigenvalue weighted by molar-refractivity contribution is 5.77. The van der Waals surface area contributed by atoms with Crippen molar-refractivity contribution in [3.05, 3.63) is 35.9 Å². The number of hydrogen-bond acceptors (Lipinski definition) is 3. The van der Waals surface area contributed by atoms with E-state index in [1.54, 1.807) is 0 Å². The maximum Gasteiger partial charge on any atom is 0.234 e. The number of piperidine rings is 1. The summed E-state index contributed by atoms with van der Waals surface area (Å²) in [6, 6.07) is 10.0. The van der Waals surface area contributed by atoms with Crippen LogP contribution in [0.3, 0.4) is 0 Å². The normalized spacial score (nSPS) is 16.1. The fourth-order valence-corrected chi connectivity index (χ4v) is 2.75. The quantitative estimate of drug-likeness (QED) is 0.802. The Balaban J connectivity index is 1.60. The van der Waals surface area contributed by atoms with Crippen molar-refractivity contribution < 1.29 is 4.79 Å². The van der Waals surface area contributed by atoms with Crippen LogP contribution in [0.1, 0.15) is 24.8 Å². The third kappa shape index (κ3) is 6.27. The molecule has 2 rings (SSSR count). The zero-order chi connectivity index (χ0) is 14.9. The molecule has 1 heterocycles. The highest BCUT2D eigenvalue weighted by atomic mass is 16.2. The second-order valence-corrected chi connectivity index (χ2v) is 5.98. The molecule has 1 aromatic carbocycles. The van der Waals surface area contributed by atoms with Gasteiger partial charge in [0.25, 0.3) is 0 Å². The molecule has 1 aliphatic rings. The summed E-state index contributed by atoms with van der Waals surface area (Å²) in [4.78, 5) is 14.0. The first-order valence-corrected chi connectivity index (χ1v) is 7.94. The Morgan fingerprint density at radius 3 is 2.71 bits per heavy atom. The SMILES string of the molecule is CN(CCC1CCNCC1)CC(=O)NCc1ccccc1. The highest BCUT2D eigenvalue weighted by Gasteiger charge is 2.14. The third-order valence-electron chi connectivity index (χ3n) is 4.12. The van der Waals surface area contributed by atoms with Crippen LogP contribution in [0.4, 0.5) is 0 Å². The van der Waals surface area contributed by atoms with Gasteiger partial charge in [-0.2, -0.15) is 0 Å². The van der Waals surface area contributed by atoms with Crippen molar-refractivity contribution in [3.63, 3.8) is 0 Å². The van der Waals surface area contributed by atoms with Crippen LogP contribution in [-0.2, 0) is 11.3 Å². The number of hydrogen-bond donors (Lipinski definition) is 2. The monoisotopic (exact) mass is 289 g/mol. The molecule has 0 atom stereocenters. The summed E-state index contributed by atoms with van der Waals surface area (Å²) in [6.07, 6.45) is 3.74. The molecule has 4 nitrogen and oxygen atoms in total. The fourth-order valence-electron chi connectivity index (χ4n) is 2.75. The first kappa shape index (κ1) is 16.0. The minimum absolute atomic E-state index is 0.103. The van der Waals surface area contributed by atoms with Crippen LogP contribution in [0.15, 0.2) is 30.3 Å². The lowest BCUT2D eigenvalue weighted by Gasteiger charge is -2.25. The van der Waals surface area contributed by atoms with Crippen molar-refractivity contribution in [3.8, 4) is 0 Å². The fraction of sp³-hybridized carbons (Fsp3) is 0.588. The van der Waals surface area contributed by atoms with E-state index in [1.807, 2.05) is 37.4 Å². The van der Waals surface area contributed by atoms with Crippen molar-refractivity contribution in [2.45, 2.75) is 25.8 Å². The van der Waals surface area contributed by atoms with Crippen molar-refractivity contribution in [2.24, 2.45) is 5.92 Å². The van der Waals surface area contributed by atoms with E-state index in [2.05, 4.69) is 15.5 Å². The van der Waals surface area contributed by atoms with E-state index in [9.17, 15) is 4.79 Å². The van der Waals surface area contributed by atoms with Crippen LogP contribution < -0.4 is 10.6 Å². The molecule has 0 aromatic heterocycles. The molecule has 1 aromatic rings. The second kappa shape index (κ2) is 8.80. The number of benzene rings is 1. The molecule has 0 aliphatic carbocycles. The molecule has 0 saturated carbocycles. The van der Waals surface area contributed by atoms with Gasteiger partial charge < -0.3 is 10.6 Å². The Hall–Kier alpha value is -1.39. The van der Waals surface area contributed by atoms with Crippen molar-refractivity contribution >= 4 is 5.91 Å². The Morgan fingerprint density at radius 2 is 2.00 bits per heavy atom. The molecule has 2 N–H and O–H groups in total. The van der Waals surface area contributed by atoms with Gasteiger partial charge in [-0.05, 0) is 57.4 Å². The summed E-state index contributed by atoms with van der Waals surface area (Å²) < 4.78 is 0. The van der Waals surface area contributed by atoms with Gasteiger partial charge in [-0.15, -0.1) is 0 Å². The molecule has 116 valence electrons. The van der Waals surface area contributed by atoms with Gasteiger partial charge in [0.05, 0.1) is 6.54 Å². The summed E-state index contributed by atoms with van der Waals surface area (Å²) in [5, 5.41) is 6.37. The average molecular weight is 289 g/mol. The van der Waals surface area contributed by atoms with E-state index >= 15 is 0 Å². The zero-order valence-corrected chi connectivity index (χ0v) is 13.0. The van der Waals surface area contributed by atoms with Crippen LogP contribution in [-0.4, -0.2) is 44.0 Å². The molecule has 1 amide bonds. The number of nitrogens with one attached hydrogen (secondary N) is 2. The Labute approximate surface area is 127 Å². The van der Waals surface area contributed by atoms with Gasteiger partial charge in [0.2, 0.25) is 5.91 Å². The average Bonchev–Trinajstić information content (AvgIpc) is 2.53. The third-order valence-corrected chi connectivity index (χ3v) is 4.12. The molecule has 1 saturated heterocycles. The maximum atomic E-state index is 11.9. The predicted octanol–water partition coefficient (Wildman–Crippen LogP) is 1.62. The lowest BCUT2D eigenvalue weighted by atomic mass is 9.94. The molecule has 1 aliphatic heterocycles. The van der Waals surface area contributed by atoms with E-state index in [0.717, 1.165) is 31.1 Å². The van der Waals surface area contributed by atoms with E-state index in [4.69, 9.17) is 0 Å².